The molecule has 0 aliphatic carbocycles. The second kappa shape index (κ2) is 8.40. The fourth-order valence-electron chi connectivity index (χ4n) is 3.96. The van der Waals surface area contributed by atoms with Crippen LogP contribution < -0.4 is 5.73 Å². The fourth-order valence-corrected chi connectivity index (χ4v) is 4.52. The highest BCUT2D eigenvalue weighted by molar-refractivity contribution is 6.35. The van der Waals surface area contributed by atoms with Crippen LogP contribution in [-0.4, -0.2) is 45.2 Å². The first-order valence-electron chi connectivity index (χ1n) is 9.59. The first-order valence-corrected chi connectivity index (χ1v) is 10.4. The Morgan fingerprint density at radius 2 is 2.13 bits per heavy atom. The molecule has 0 saturated heterocycles. The van der Waals surface area contributed by atoms with Crippen LogP contribution in [0.3, 0.4) is 0 Å². The molecule has 2 unspecified atom stereocenters. The summed E-state index contributed by atoms with van der Waals surface area (Å²) in [5.41, 5.74) is 10.6. The molecule has 1 aromatic heterocycles. The summed E-state index contributed by atoms with van der Waals surface area (Å²) in [6.07, 6.45) is 3.67. The van der Waals surface area contributed by atoms with E-state index >= 15 is 0 Å². The second-order valence-corrected chi connectivity index (χ2v) is 8.56. The SMILES string of the molecule is CN1Cc2c(Cl)cc(Cl)cc2C(c2cccc(-n3cnc(CC(N)C(=O)O)c3)c2)C1. The summed E-state index contributed by atoms with van der Waals surface area (Å²) in [7, 11) is 2.08. The van der Waals surface area contributed by atoms with Gasteiger partial charge in [-0.15, -0.1) is 0 Å². The van der Waals surface area contributed by atoms with Crippen LogP contribution in [0.2, 0.25) is 10.0 Å². The van der Waals surface area contributed by atoms with Crippen LogP contribution in [0.4, 0.5) is 0 Å². The summed E-state index contributed by atoms with van der Waals surface area (Å²) in [6, 6.07) is 11.1. The quantitative estimate of drug-likeness (QED) is 0.626. The van der Waals surface area contributed by atoms with Crippen molar-refractivity contribution < 1.29 is 9.90 Å². The van der Waals surface area contributed by atoms with E-state index in [1.54, 1.807) is 12.4 Å². The Hall–Kier alpha value is -2.38. The van der Waals surface area contributed by atoms with E-state index in [2.05, 4.69) is 29.1 Å². The van der Waals surface area contributed by atoms with Crippen molar-refractivity contribution in [2.75, 3.05) is 13.6 Å². The second-order valence-electron chi connectivity index (χ2n) is 7.72. The van der Waals surface area contributed by atoms with Crippen molar-refractivity contribution in [3.63, 3.8) is 0 Å². The average Bonchev–Trinajstić information content (AvgIpc) is 3.16. The number of nitrogens with zero attached hydrogens (tertiary/aromatic N) is 3. The molecule has 8 heteroatoms. The van der Waals surface area contributed by atoms with Crippen molar-refractivity contribution in [1.29, 1.82) is 0 Å². The predicted molar refractivity (Wildman–Crippen MR) is 118 cm³/mol. The monoisotopic (exact) mass is 444 g/mol. The maximum absolute atomic E-state index is 11.0. The van der Waals surface area contributed by atoms with Gasteiger partial charge in [-0.1, -0.05) is 35.3 Å². The molecule has 0 spiro atoms. The number of benzene rings is 2. The van der Waals surface area contributed by atoms with Crippen molar-refractivity contribution in [3.05, 3.63) is 81.4 Å². The van der Waals surface area contributed by atoms with E-state index in [4.69, 9.17) is 34.0 Å². The molecule has 30 heavy (non-hydrogen) atoms. The topological polar surface area (TPSA) is 84.4 Å². The summed E-state index contributed by atoms with van der Waals surface area (Å²) < 4.78 is 1.88. The lowest BCUT2D eigenvalue weighted by Crippen LogP contribution is -2.32. The highest BCUT2D eigenvalue weighted by Gasteiger charge is 2.27. The largest absolute Gasteiger partial charge is 0.480 e. The lowest BCUT2D eigenvalue weighted by atomic mass is 9.84. The lowest BCUT2D eigenvalue weighted by Gasteiger charge is -2.33. The van der Waals surface area contributed by atoms with E-state index in [1.165, 1.54) is 0 Å². The Bertz CT molecular complexity index is 1100. The number of carboxylic acids is 1. The Balaban J connectivity index is 1.67. The third kappa shape index (κ3) is 4.23. The molecule has 156 valence electrons. The standard InChI is InChI=1S/C22H22Cl2N4O2/c1-27-10-18(17-6-14(23)7-20(24)19(17)11-27)13-3-2-4-16(5-13)28-9-15(26-12-28)8-21(25)22(29)30/h2-7,9,12,18,21H,8,10-11,25H2,1H3,(H,29,30). The number of carboxylic acid groups (broad SMARTS) is 1. The number of aliphatic carboxylic acids is 1. The minimum Gasteiger partial charge on any atom is -0.480 e. The highest BCUT2D eigenvalue weighted by Crippen LogP contribution is 2.38. The minimum absolute atomic E-state index is 0.137. The number of hydrogen-bond acceptors (Lipinski definition) is 4. The van der Waals surface area contributed by atoms with Crippen molar-refractivity contribution in [2.24, 2.45) is 5.73 Å². The van der Waals surface area contributed by atoms with E-state index in [0.717, 1.165) is 35.5 Å². The average molecular weight is 445 g/mol. The van der Waals surface area contributed by atoms with Crippen LogP contribution in [-0.2, 0) is 17.8 Å². The van der Waals surface area contributed by atoms with Crippen molar-refractivity contribution in [1.82, 2.24) is 14.5 Å². The van der Waals surface area contributed by atoms with Crippen LogP contribution in [0.25, 0.3) is 5.69 Å². The van der Waals surface area contributed by atoms with Gasteiger partial charge in [-0.3, -0.25) is 4.79 Å². The zero-order valence-electron chi connectivity index (χ0n) is 16.4. The van der Waals surface area contributed by atoms with Crippen molar-refractivity contribution >= 4 is 29.2 Å². The Morgan fingerprint density at radius 3 is 2.90 bits per heavy atom. The molecule has 6 nitrogen and oxygen atoms in total. The Morgan fingerprint density at radius 1 is 1.33 bits per heavy atom. The van der Waals surface area contributed by atoms with E-state index in [1.807, 2.05) is 29.0 Å². The highest BCUT2D eigenvalue weighted by atomic mass is 35.5. The molecule has 0 radical (unpaired) electrons. The van der Waals surface area contributed by atoms with Crippen LogP contribution in [0.15, 0.2) is 48.9 Å². The van der Waals surface area contributed by atoms with Crippen molar-refractivity contribution in [3.8, 4) is 5.69 Å². The van der Waals surface area contributed by atoms with Gasteiger partial charge < -0.3 is 20.3 Å². The maximum Gasteiger partial charge on any atom is 0.320 e. The molecule has 2 atom stereocenters. The molecule has 4 rings (SSSR count). The molecule has 1 aliphatic rings. The first kappa shape index (κ1) is 20.9. The number of fused-ring (bicyclic) bond motifs is 1. The fraction of sp³-hybridized carbons (Fsp3) is 0.273. The minimum atomic E-state index is -1.04. The molecule has 3 aromatic rings. The van der Waals surface area contributed by atoms with Crippen LogP contribution in [0.5, 0.6) is 0 Å². The first-order chi connectivity index (χ1) is 14.3. The molecule has 0 fully saturated rings. The predicted octanol–water partition coefficient (Wildman–Crippen LogP) is 3.71. The van der Waals surface area contributed by atoms with Gasteiger partial charge in [-0.25, -0.2) is 4.98 Å². The zero-order valence-corrected chi connectivity index (χ0v) is 17.9. The van der Waals surface area contributed by atoms with Gasteiger partial charge in [-0.2, -0.15) is 0 Å². The van der Waals surface area contributed by atoms with Gasteiger partial charge in [-0.05, 0) is 48.0 Å². The molecule has 0 bridgehead atoms. The number of aromatic nitrogens is 2. The lowest BCUT2D eigenvalue weighted by molar-refractivity contribution is -0.138. The van der Waals surface area contributed by atoms with E-state index in [0.29, 0.717) is 15.7 Å². The number of imidazole rings is 1. The number of nitrogens with two attached hydrogens (primary N) is 1. The van der Waals surface area contributed by atoms with Gasteiger partial charge in [0.05, 0.1) is 12.0 Å². The molecule has 1 aliphatic heterocycles. The summed E-state index contributed by atoms with van der Waals surface area (Å²) >= 11 is 12.8. The molecule has 3 N–H and O–H groups in total. The zero-order chi connectivity index (χ0) is 21.4. The van der Waals surface area contributed by atoms with Gasteiger partial charge in [0.1, 0.15) is 6.04 Å². The van der Waals surface area contributed by atoms with Crippen LogP contribution in [0, 0.1) is 0 Å². The summed E-state index contributed by atoms with van der Waals surface area (Å²) in [5.74, 6) is -0.901. The van der Waals surface area contributed by atoms with Gasteiger partial charge >= 0.3 is 5.97 Å². The van der Waals surface area contributed by atoms with Gasteiger partial charge in [0, 0.05) is 47.4 Å². The van der Waals surface area contributed by atoms with Crippen LogP contribution in [0.1, 0.15) is 28.3 Å². The third-order valence-electron chi connectivity index (χ3n) is 5.45. The smallest absolute Gasteiger partial charge is 0.320 e. The number of halogens is 2. The number of hydrogen-bond donors (Lipinski definition) is 2. The Labute approximate surface area is 184 Å². The third-order valence-corrected chi connectivity index (χ3v) is 6.00. The van der Waals surface area contributed by atoms with Crippen LogP contribution >= 0.6 is 23.2 Å². The summed E-state index contributed by atoms with van der Waals surface area (Å²) in [4.78, 5) is 17.5. The number of carbonyl (C=O) groups is 1. The number of likely N-dealkylation sites (N-methyl/N-ethyl adjacent to an activating group) is 1. The van der Waals surface area contributed by atoms with Gasteiger partial charge in [0.2, 0.25) is 0 Å². The molecule has 0 amide bonds. The maximum atomic E-state index is 11.0. The van der Waals surface area contributed by atoms with E-state index in [-0.39, 0.29) is 12.3 Å². The molecule has 2 heterocycles. The van der Waals surface area contributed by atoms with Gasteiger partial charge in [0.25, 0.3) is 0 Å². The molecule has 0 saturated carbocycles. The van der Waals surface area contributed by atoms with E-state index in [9.17, 15) is 4.79 Å². The molecular weight excluding hydrogens is 423 g/mol. The number of rotatable bonds is 5. The molecular formula is C22H22Cl2N4O2. The van der Waals surface area contributed by atoms with Crippen molar-refractivity contribution in [2.45, 2.75) is 24.9 Å². The summed E-state index contributed by atoms with van der Waals surface area (Å²) in [5, 5.41) is 10.3. The van der Waals surface area contributed by atoms with Gasteiger partial charge in [0.15, 0.2) is 0 Å². The Kier molecular flexibility index (Phi) is 5.84. The summed E-state index contributed by atoms with van der Waals surface area (Å²) in [6.45, 7) is 1.64. The normalized spacial score (nSPS) is 17.5. The van der Waals surface area contributed by atoms with E-state index < -0.39 is 12.0 Å². The molecule has 2 aromatic carbocycles.